The molecule has 25 heavy (non-hydrogen) atoms. The molecule has 0 aliphatic carbocycles. The van der Waals surface area contributed by atoms with Crippen LogP contribution in [-0.4, -0.2) is 14.6 Å². The van der Waals surface area contributed by atoms with Crippen molar-refractivity contribution in [2.75, 3.05) is 0 Å². The standard InChI is InChI=1S/C19H13ClIN3O/c20-14-6-8-17(25-12-13-4-2-1-3-5-13)16(10-14)19-23-22-18-9-7-15(21)11-24(18)19/h1-11H,12H2. The second-order valence-electron chi connectivity index (χ2n) is 5.51. The molecule has 0 saturated heterocycles. The van der Waals surface area contributed by atoms with Crippen molar-refractivity contribution >= 4 is 39.8 Å². The van der Waals surface area contributed by atoms with Crippen molar-refractivity contribution in [1.29, 1.82) is 0 Å². The second kappa shape index (κ2) is 7.01. The fraction of sp³-hybridized carbons (Fsp3) is 0.0526. The van der Waals surface area contributed by atoms with Crippen LogP contribution in [0, 0.1) is 3.57 Å². The van der Waals surface area contributed by atoms with Crippen molar-refractivity contribution in [2.45, 2.75) is 6.61 Å². The van der Waals surface area contributed by atoms with E-state index in [4.69, 9.17) is 16.3 Å². The number of fused-ring (bicyclic) bond motifs is 1. The number of rotatable bonds is 4. The summed E-state index contributed by atoms with van der Waals surface area (Å²) in [5.74, 6) is 1.43. The number of hydrogen-bond donors (Lipinski definition) is 0. The molecule has 2 heterocycles. The minimum Gasteiger partial charge on any atom is -0.488 e. The Morgan fingerprint density at radius 2 is 1.84 bits per heavy atom. The normalized spacial score (nSPS) is 11.0. The van der Waals surface area contributed by atoms with Gasteiger partial charge in [-0.05, 0) is 58.5 Å². The molecule has 4 rings (SSSR count). The number of nitrogens with zero attached hydrogens (tertiary/aromatic N) is 3. The average Bonchev–Trinajstić information content (AvgIpc) is 3.04. The lowest BCUT2D eigenvalue weighted by atomic mass is 10.2. The number of ether oxygens (including phenoxy) is 1. The van der Waals surface area contributed by atoms with Crippen molar-refractivity contribution in [3.05, 3.63) is 81.0 Å². The fourth-order valence-electron chi connectivity index (χ4n) is 2.59. The topological polar surface area (TPSA) is 39.4 Å². The summed E-state index contributed by atoms with van der Waals surface area (Å²) in [6.45, 7) is 0.476. The molecule has 0 saturated carbocycles. The Morgan fingerprint density at radius 3 is 2.68 bits per heavy atom. The summed E-state index contributed by atoms with van der Waals surface area (Å²) in [5.41, 5.74) is 2.70. The van der Waals surface area contributed by atoms with Crippen molar-refractivity contribution < 1.29 is 4.74 Å². The third-order valence-corrected chi connectivity index (χ3v) is 4.66. The molecule has 0 atom stereocenters. The van der Waals surface area contributed by atoms with Crippen molar-refractivity contribution in [3.8, 4) is 17.1 Å². The van der Waals surface area contributed by atoms with E-state index in [0.717, 1.165) is 26.1 Å². The molecule has 0 aliphatic rings. The minimum atomic E-state index is 0.476. The molecular weight excluding hydrogens is 449 g/mol. The van der Waals surface area contributed by atoms with Gasteiger partial charge in [0.05, 0.1) is 5.56 Å². The summed E-state index contributed by atoms with van der Waals surface area (Å²) in [5, 5.41) is 9.20. The molecule has 0 radical (unpaired) electrons. The van der Waals surface area contributed by atoms with Crippen LogP contribution in [0.2, 0.25) is 5.02 Å². The molecule has 124 valence electrons. The highest BCUT2D eigenvalue weighted by Crippen LogP contribution is 2.32. The van der Waals surface area contributed by atoms with E-state index in [2.05, 4.69) is 32.8 Å². The maximum atomic E-state index is 6.22. The van der Waals surface area contributed by atoms with Gasteiger partial charge >= 0.3 is 0 Å². The zero-order valence-electron chi connectivity index (χ0n) is 13.1. The van der Waals surface area contributed by atoms with Crippen LogP contribution in [0.1, 0.15) is 5.56 Å². The van der Waals surface area contributed by atoms with E-state index in [1.165, 1.54) is 0 Å². The molecule has 0 N–H and O–H groups in total. The lowest BCUT2D eigenvalue weighted by Crippen LogP contribution is -1.99. The van der Waals surface area contributed by atoms with E-state index in [0.29, 0.717) is 17.5 Å². The number of aromatic nitrogens is 3. The highest BCUT2D eigenvalue weighted by molar-refractivity contribution is 14.1. The first-order chi connectivity index (χ1) is 12.2. The zero-order valence-corrected chi connectivity index (χ0v) is 16.0. The summed E-state index contributed by atoms with van der Waals surface area (Å²) in [7, 11) is 0. The van der Waals surface area contributed by atoms with Gasteiger partial charge in [-0.3, -0.25) is 4.40 Å². The summed E-state index contributed by atoms with van der Waals surface area (Å²) >= 11 is 8.49. The Morgan fingerprint density at radius 1 is 1.00 bits per heavy atom. The molecule has 4 nitrogen and oxygen atoms in total. The molecule has 2 aromatic heterocycles. The van der Waals surface area contributed by atoms with Gasteiger partial charge in [0.1, 0.15) is 12.4 Å². The van der Waals surface area contributed by atoms with Crippen LogP contribution in [0.3, 0.4) is 0 Å². The molecule has 0 spiro atoms. The lowest BCUT2D eigenvalue weighted by Gasteiger charge is -2.11. The molecule has 6 heteroatoms. The monoisotopic (exact) mass is 461 g/mol. The van der Waals surface area contributed by atoms with Gasteiger partial charge in [-0.1, -0.05) is 41.9 Å². The summed E-state index contributed by atoms with van der Waals surface area (Å²) in [6.07, 6.45) is 1.99. The smallest absolute Gasteiger partial charge is 0.172 e. The molecular formula is C19H13ClIN3O. The number of hydrogen-bond acceptors (Lipinski definition) is 3. The Labute approximate surface area is 163 Å². The van der Waals surface area contributed by atoms with E-state index in [-0.39, 0.29) is 0 Å². The van der Waals surface area contributed by atoms with Gasteiger partial charge in [-0.25, -0.2) is 0 Å². The first kappa shape index (κ1) is 16.4. The van der Waals surface area contributed by atoms with Crippen molar-refractivity contribution in [3.63, 3.8) is 0 Å². The highest BCUT2D eigenvalue weighted by atomic mass is 127. The molecule has 0 unspecified atom stereocenters. The van der Waals surface area contributed by atoms with E-state index >= 15 is 0 Å². The van der Waals surface area contributed by atoms with Gasteiger partial charge in [0.2, 0.25) is 0 Å². The van der Waals surface area contributed by atoms with Gasteiger partial charge < -0.3 is 4.74 Å². The number of benzene rings is 2. The molecule has 0 aliphatic heterocycles. The van der Waals surface area contributed by atoms with Crippen LogP contribution in [0.4, 0.5) is 0 Å². The van der Waals surface area contributed by atoms with Crippen LogP contribution >= 0.6 is 34.2 Å². The molecule has 0 bridgehead atoms. The Kier molecular flexibility index (Phi) is 4.59. The molecule has 0 amide bonds. The van der Waals surface area contributed by atoms with E-state index in [1.807, 2.05) is 71.3 Å². The molecule has 0 fully saturated rings. The van der Waals surface area contributed by atoms with E-state index < -0.39 is 0 Å². The first-order valence-corrected chi connectivity index (χ1v) is 9.13. The maximum absolute atomic E-state index is 6.22. The Bertz CT molecular complexity index is 1030. The van der Waals surface area contributed by atoms with Crippen LogP contribution in [-0.2, 0) is 6.61 Å². The molecule has 4 aromatic rings. The third-order valence-electron chi connectivity index (χ3n) is 3.79. The van der Waals surface area contributed by atoms with Crippen LogP contribution < -0.4 is 4.74 Å². The fourth-order valence-corrected chi connectivity index (χ4v) is 3.22. The second-order valence-corrected chi connectivity index (χ2v) is 7.20. The van der Waals surface area contributed by atoms with Crippen molar-refractivity contribution in [2.24, 2.45) is 0 Å². The van der Waals surface area contributed by atoms with Crippen molar-refractivity contribution in [1.82, 2.24) is 14.6 Å². The van der Waals surface area contributed by atoms with Gasteiger partial charge in [0.25, 0.3) is 0 Å². The first-order valence-electron chi connectivity index (χ1n) is 7.68. The van der Waals surface area contributed by atoms with E-state index in [1.54, 1.807) is 0 Å². The van der Waals surface area contributed by atoms with Gasteiger partial charge in [0, 0.05) is 14.8 Å². The van der Waals surface area contributed by atoms with Crippen LogP contribution in [0.15, 0.2) is 66.9 Å². The molecule has 2 aromatic carbocycles. The van der Waals surface area contributed by atoms with Gasteiger partial charge in [0.15, 0.2) is 11.5 Å². The number of halogens is 2. The average molecular weight is 462 g/mol. The largest absolute Gasteiger partial charge is 0.488 e. The summed E-state index contributed by atoms with van der Waals surface area (Å²) < 4.78 is 9.08. The predicted molar refractivity (Wildman–Crippen MR) is 107 cm³/mol. The highest BCUT2D eigenvalue weighted by Gasteiger charge is 2.14. The quantitative estimate of drug-likeness (QED) is 0.391. The van der Waals surface area contributed by atoms with Crippen LogP contribution in [0.25, 0.3) is 17.0 Å². The predicted octanol–water partition coefficient (Wildman–Crippen LogP) is 5.23. The maximum Gasteiger partial charge on any atom is 0.172 e. The van der Waals surface area contributed by atoms with Gasteiger partial charge in [-0.15, -0.1) is 10.2 Å². The number of pyridine rings is 1. The lowest BCUT2D eigenvalue weighted by molar-refractivity contribution is 0.307. The third kappa shape index (κ3) is 3.48. The van der Waals surface area contributed by atoms with E-state index in [9.17, 15) is 0 Å². The SMILES string of the molecule is Clc1ccc(OCc2ccccc2)c(-c2nnc3ccc(I)cn23)c1. The summed E-state index contributed by atoms with van der Waals surface area (Å²) in [4.78, 5) is 0. The minimum absolute atomic E-state index is 0.476. The zero-order chi connectivity index (χ0) is 17.2. The summed E-state index contributed by atoms with van der Waals surface area (Å²) in [6, 6.07) is 19.5. The Hall–Kier alpha value is -2.12. The Balaban J connectivity index is 1.75. The van der Waals surface area contributed by atoms with Crippen LogP contribution in [0.5, 0.6) is 5.75 Å². The van der Waals surface area contributed by atoms with Gasteiger partial charge in [-0.2, -0.15) is 0 Å².